The number of aryl methyl sites for hydroxylation is 1. The maximum absolute atomic E-state index is 12.0. The largest absolute Gasteiger partial charge is 0.251 e. The smallest absolute Gasteiger partial charge is 0.250 e. The summed E-state index contributed by atoms with van der Waals surface area (Å²) >= 11 is 4.51. The predicted molar refractivity (Wildman–Crippen MR) is 72.0 cm³/mol. The van der Waals surface area contributed by atoms with Gasteiger partial charge in [-0.05, 0) is 34.5 Å². The molecule has 18 heavy (non-hydrogen) atoms. The van der Waals surface area contributed by atoms with Crippen LogP contribution in [0.4, 0.5) is 0 Å². The third-order valence-electron chi connectivity index (χ3n) is 2.20. The van der Waals surface area contributed by atoms with Gasteiger partial charge in [-0.2, -0.15) is 0 Å². The Balaban J connectivity index is 1.99. The zero-order valence-electron chi connectivity index (χ0n) is 9.50. The zero-order valence-corrected chi connectivity index (χ0v) is 12.7. The van der Waals surface area contributed by atoms with E-state index in [1.807, 2.05) is 6.92 Å². The summed E-state index contributed by atoms with van der Waals surface area (Å²) in [6.07, 6.45) is 3.23. The predicted octanol–water partition coefficient (Wildman–Crippen LogP) is 1.39. The normalized spacial score (nSPS) is 11.9. The lowest BCUT2D eigenvalue weighted by molar-refractivity contribution is 0.554. The fourth-order valence-electron chi connectivity index (χ4n) is 1.28. The van der Waals surface area contributed by atoms with Crippen molar-refractivity contribution >= 4 is 37.3 Å². The molecule has 2 aromatic heterocycles. The van der Waals surface area contributed by atoms with Crippen LogP contribution in [-0.2, 0) is 16.6 Å². The number of hydrogen-bond donors (Lipinski definition) is 1. The Hall–Kier alpha value is -0.770. The molecule has 0 saturated heterocycles. The van der Waals surface area contributed by atoms with Gasteiger partial charge in [0.1, 0.15) is 4.21 Å². The number of rotatable bonds is 5. The molecule has 0 aromatic carbocycles. The number of sulfonamides is 1. The quantitative estimate of drug-likeness (QED) is 0.883. The molecule has 0 radical (unpaired) electrons. The second-order valence-corrected chi connectivity index (χ2v) is 7.95. The highest BCUT2D eigenvalue weighted by atomic mass is 79.9. The summed E-state index contributed by atoms with van der Waals surface area (Å²) in [6.45, 7) is 2.58. The lowest BCUT2D eigenvalue weighted by Gasteiger charge is -2.04. The monoisotopic (exact) mass is 350 g/mol. The Kier molecular flexibility index (Phi) is 4.15. The van der Waals surface area contributed by atoms with Crippen LogP contribution in [0.3, 0.4) is 0 Å². The Bertz CT molecular complexity index is 602. The lowest BCUT2D eigenvalue weighted by Crippen LogP contribution is -2.27. The van der Waals surface area contributed by atoms with Gasteiger partial charge >= 0.3 is 0 Å². The van der Waals surface area contributed by atoms with E-state index in [2.05, 4.69) is 31.0 Å². The van der Waals surface area contributed by atoms with Crippen LogP contribution >= 0.6 is 27.3 Å². The van der Waals surface area contributed by atoms with Crippen LogP contribution in [0.25, 0.3) is 0 Å². The van der Waals surface area contributed by atoms with Gasteiger partial charge in [-0.15, -0.1) is 16.4 Å². The molecule has 6 nitrogen and oxygen atoms in total. The van der Waals surface area contributed by atoms with Crippen molar-refractivity contribution in [1.29, 1.82) is 0 Å². The zero-order chi connectivity index (χ0) is 13.2. The highest BCUT2D eigenvalue weighted by molar-refractivity contribution is 9.11. The number of halogens is 1. The van der Waals surface area contributed by atoms with Gasteiger partial charge in [-0.3, -0.25) is 4.68 Å². The molecule has 0 saturated carbocycles. The molecule has 0 atom stereocenters. The molecular weight excluding hydrogens is 340 g/mol. The van der Waals surface area contributed by atoms with Gasteiger partial charge in [0, 0.05) is 12.7 Å². The van der Waals surface area contributed by atoms with Crippen molar-refractivity contribution in [3.05, 3.63) is 27.8 Å². The van der Waals surface area contributed by atoms with Gasteiger partial charge in [-0.1, -0.05) is 5.21 Å². The van der Waals surface area contributed by atoms with Gasteiger partial charge < -0.3 is 0 Å². The molecule has 9 heteroatoms. The van der Waals surface area contributed by atoms with Crippen LogP contribution in [0.2, 0.25) is 0 Å². The first-order valence-electron chi connectivity index (χ1n) is 5.09. The Labute approximate surface area is 117 Å². The van der Waals surface area contributed by atoms with Crippen LogP contribution in [-0.4, -0.2) is 30.0 Å². The number of nitrogens with zero attached hydrogens (tertiary/aromatic N) is 3. The van der Waals surface area contributed by atoms with E-state index in [4.69, 9.17) is 0 Å². The van der Waals surface area contributed by atoms with E-state index in [-0.39, 0.29) is 6.54 Å². The fraction of sp³-hybridized carbons (Fsp3) is 0.333. The van der Waals surface area contributed by atoms with E-state index in [0.29, 0.717) is 10.8 Å². The Morgan fingerprint density at radius 2 is 2.33 bits per heavy atom. The van der Waals surface area contributed by atoms with Crippen molar-refractivity contribution in [2.75, 3.05) is 6.54 Å². The van der Waals surface area contributed by atoms with Gasteiger partial charge in [0.05, 0.1) is 16.5 Å². The average Bonchev–Trinajstić information content (AvgIpc) is 2.90. The highest BCUT2D eigenvalue weighted by Crippen LogP contribution is 2.30. The third kappa shape index (κ3) is 3.16. The summed E-state index contributed by atoms with van der Waals surface area (Å²) in [5.41, 5.74) is 0.914. The van der Waals surface area contributed by atoms with Crippen LogP contribution in [0, 0.1) is 6.92 Å². The van der Waals surface area contributed by atoms with Gasteiger partial charge in [0.15, 0.2) is 0 Å². The highest BCUT2D eigenvalue weighted by Gasteiger charge is 2.17. The van der Waals surface area contributed by atoms with E-state index >= 15 is 0 Å². The van der Waals surface area contributed by atoms with Gasteiger partial charge in [0.2, 0.25) is 10.0 Å². The van der Waals surface area contributed by atoms with Gasteiger partial charge in [0.25, 0.3) is 0 Å². The topological polar surface area (TPSA) is 76.9 Å². The molecule has 2 heterocycles. The molecule has 0 unspecified atom stereocenters. The second kappa shape index (κ2) is 5.47. The summed E-state index contributed by atoms with van der Waals surface area (Å²) in [5.74, 6) is 0. The molecule has 0 aliphatic rings. The van der Waals surface area contributed by atoms with Crippen LogP contribution in [0.15, 0.2) is 26.5 Å². The molecule has 98 valence electrons. The summed E-state index contributed by atoms with van der Waals surface area (Å²) in [6, 6.07) is 1.65. The molecule has 0 amide bonds. The Morgan fingerprint density at radius 1 is 1.56 bits per heavy atom. The minimum absolute atomic E-state index is 0.278. The number of nitrogens with one attached hydrogen (secondary N) is 1. The summed E-state index contributed by atoms with van der Waals surface area (Å²) in [5, 5.41) is 7.40. The first-order chi connectivity index (χ1) is 8.49. The van der Waals surface area contributed by atoms with Crippen molar-refractivity contribution in [3.63, 3.8) is 0 Å². The Morgan fingerprint density at radius 3 is 2.89 bits per heavy atom. The SMILES string of the molecule is Cc1cc(S(=O)(=O)NCCn2ccnn2)sc1Br. The third-order valence-corrected chi connectivity index (χ3v) is 6.28. The van der Waals surface area contributed by atoms with Crippen molar-refractivity contribution < 1.29 is 8.42 Å². The van der Waals surface area contributed by atoms with E-state index in [1.165, 1.54) is 11.3 Å². The van der Waals surface area contributed by atoms with Crippen molar-refractivity contribution in [1.82, 2.24) is 19.7 Å². The maximum atomic E-state index is 12.0. The second-order valence-electron chi connectivity index (χ2n) is 3.59. The average molecular weight is 351 g/mol. The first kappa shape index (κ1) is 13.7. The number of thiophene rings is 1. The summed E-state index contributed by atoms with van der Waals surface area (Å²) in [7, 11) is -3.44. The molecule has 2 aromatic rings. The van der Waals surface area contributed by atoms with Crippen LogP contribution in [0.1, 0.15) is 5.56 Å². The van der Waals surface area contributed by atoms with Crippen molar-refractivity contribution in [2.45, 2.75) is 17.7 Å². The van der Waals surface area contributed by atoms with E-state index in [9.17, 15) is 8.42 Å². The molecule has 0 spiro atoms. The van der Waals surface area contributed by atoms with Crippen molar-refractivity contribution in [3.8, 4) is 0 Å². The van der Waals surface area contributed by atoms with E-state index < -0.39 is 10.0 Å². The molecule has 0 bridgehead atoms. The molecule has 0 fully saturated rings. The van der Waals surface area contributed by atoms with Crippen LogP contribution in [0.5, 0.6) is 0 Å². The van der Waals surface area contributed by atoms with E-state index in [0.717, 1.165) is 9.35 Å². The molecule has 2 rings (SSSR count). The van der Waals surface area contributed by atoms with E-state index in [1.54, 1.807) is 23.1 Å². The maximum Gasteiger partial charge on any atom is 0.250 e. The molecular formula is C9H11BrN4O2S2. The number of hydrogen-bond acceptors (Lipinski definition) is 5. The molecule has 0 aliphatic heterocycles. The number of aromatic nitrogens is 3. The van der Waals surface area contributed by atoms with Crippen molar-refractivity contribution in [2.24, 2.45) is 0 Å². The lowest BCUT2D eigenvalue weighted by atomic mass is 10.4. The van der Waals surface area contributed by atoms with Crippen LogP contribution < -0.4 is 4.72 Å². The minimum atomic E-state index is -3.44. The summed E-state index contributed by atoms with van der Waals surface area (Å²) in [4.78, 5) is 0. The fourth-order valence-corrected chi connectivity index (χ4v) is 4.57. The van der Waals surface area contributed by atoms with Gasteiger partial charge in [-0.25, -0.2) is 13.1 Å². The first-order valence-corrected chi connectivity index (χ1v) is 8.18. The standard InChI is InChI=1S/C9H11BrN4O2S2/c1-7-6-8(17-9(7)10)18(15,16)12-3-5-14-4-2-11-13-14/h2,4,6,12H,3,5H2,1H3. The summed E-state index contributed by atoms with van der Waals surface area (Å²) < 4.78 is 29.2. The molecule has 1 N–H and O–H groups in total. The minimum Gasteiger partial charge on any atom is -0.251 e. The molecule has 0 aliphatic carbocycles.